The second-order valence-electron chi connectivity index (χ2n) is 5.09. The molecule has 2 heterocycles. The summed E-state index contributed by atoms with van der Waals surface area (Å²) in [5.41, 5.74) is 0. The molecule has 0 bridgehead atoms. The van der Waals surface area contributed by atoms with Crippen molar-refractivity contribution in [2.24, 2.45) is 5.92 Å². The third kappa shape index (κ3) is 2.75. The van der Waals surface area contributed by atoms with Crippen molar-refractivity contribution in [1.82, 2.24) is 4.90 Å². The van der Waals surface area contributed by atoms with Gasteiger partial charge in [0, 0.05) is 17.0 Å². The van der Waals surface area contributed by atoms with Crippen molar-refractivity contribution < 1.29 is 9.90 Å². The molecule has 0 amide bonds. The number of rotatable bonds is 4. The monoisotopic (exact) mass is 267 g/mol. The van der Waals surface area contributed by atoms with E-state index in [1.54, 1.807) is 11.3 Å². The van der Waals surface area contributed by atoms with Crippen molar-refractivity contribution in [1.29, 1.82) is 0 Å². The van der Waals surface area contributed by atoms with Crippen molar-refractivity contribution in [3.8, 4) is 0 Å². The average molecular weight is 267 g/mol. The smallest absolute Gasteiger partial charge is 0.306 e. The van der Waals surface area contributed by atoms with Crippen molar-refractivity contribution in [3.05, 3.63) is 22.4 Å². The van der Waals surface area contributed by atoms with Gasteiger partial charge in [0.25, 0.3) is 0 Å². The molecular formula is C14H21NO2S. The van der Waals surface area contributed by atoms with Gasteiger partial charge < -0.3 is 5.11 Å². The van der Waals surface area contributed by atoms with E-state index < -0.39 is 5.97 Å². The van der Waals surface area contributed by atoms with Gasteiger partial charge in [-0.05, 0) is 44.2 Å². The first kappa shape index (κ1) is 13.6. The SMILES string of the molecule is CCC(c1cccs1)N1CCC(C(=O)O)CC1C. The quantitative estimate of drug-likeness (QED) is 0.909. The average Bonchev–Trinajstić information content (AvgIpc) is 2.85. The molecule has 2 rings (SSSR count). The van der Waals surface area contributed by atoms with Crippen LogP contribution in [0.15, 0.2) is 17.5 Å². The van der Waals surface area contributed by atoms with Gasteiger partial charge in [-0.1, -0.05) is 13.0 Å². The molecule has 0 aromatic carbocycles. The van der Waals surface area contributed by atoms with Crippen LogP contribution in [0.4, 0.5) is 0 Å². The van der Waals surface area contributed by atoms with Crippen LogP contribution in [0.5, 0.6) is 0 Å². The van der Waals surface area contributed by atoms with Crippen LogP contribution in [0.1, 0.15) is 44.0 Å². The van der Waals surface area contributed by atoms with E-state index in [2.05, 4.69) is 36.3 Å². The molecule has 1 aliphatic rings. The summed E-state index contributed by atoms with van der Waals surface area (Å²) in [5.74, 6) is -0.789. The second-order valence-corrected chi connectivity index (χ2v) is 6.07. The number of nitrogens with zero attached hydrogens (tertiary/aromatic N) is 1. The summed E-state index contributed by atoms with van der Waals surface area (Å²) in [7, 11) is 0. The number of thiophene rings is 1. The zero-order chi connectivity index (χ0) is 13.1. The van der Waals surface area contributed by atoms with Gasteiger partial charge in [0.05, 0.1) is 5.92 Å². The number of carboxylic acids is 1. The number of piperidine rings is 1. The van der Waals surface area contributed by atoms with Crippen LogP contribution in [-0.4, -0.2) is 28.6 Å². The third-order valence-electron chi connectivity index (χ3n) is 3.94. The lowest BCUT2D eigenvalue weighted by Crippen LogP contribution is -2.44. The molecule has 4 heteroatoms. The maximum atomic E-state index is 11.1. The first-order valence-corrected chi connectivity index (χ1v) is 7.53. The van der Waals surface area contributed by atoms with Gasteiger partial charge in [-0.3, -0.25) is 9.69 Å². The van der Waals surface area contributed by atoms with Gasteiger partial charge in [-0.15, -0.1) is 11.3 Å². The van der Waals surface area contributed by atoms with Gasteiger partial charge in [0.1, 0.15) is 0 Å². The normalized spacial score (nSPS) is 27.0. The summed E-state index contributed by atoms with van der Waals surface area (Å²) in [6.45, 7) is 5.26. The molecular weight excluding hydrogens is 246 g/mol. The van der Waals surface area contributed by atoms with E-state index >= 15 is 0 Å². The van der Waals surface area contributed by atoms with Crippen LogP contribution >= 0.6 is 11.3 Å². The molecule has 3 atom stereocenters. The van der Waals surface area contributed by atoms with E-state index in [-0.39, 0.29) is 5.92 Å². The van der Waals surface area contributed by atoms with Crippen LogP contribution in [0.3, 0.4) is 0 Å². The number of hydrogen-bond acceptors (Lipinski definition) is 3. The first-order chi connectivity index (χ1) is 8.63. The minimum Gasteiger partial charge on any atom is -0.481 e. The Balaban J connectivity index is 2.07. The van der Waals surface area contributed by atoms with Crippen LogP contribution in [0.25, 0.3) is 0 Å². The van der Waals surface area contributed by atoms with Crippen molar-refractivity contribution in [3.63, 3.8) is 0 Å². The second kappa shape index (κ2) is 5.85. The fraction of sp³-hybridized carbons (Fsp3) is 0.643. The molecule has 100 valence electrons. The summed E-state index contributed by atoms with van der Waals surface area (Å²) in [6.07, 6.45) is 2.64. The highest BCUT2D eigenvalue weighted by atomic mass is 32.1. The lowest BCUT2D eigenvalue weighted by molar-refractivity contribution is -0.144. The van der Waals surface area contributed by atoms with E-state index in [9.17, 15) is 4.79 Å². The lowest BCUT2D eigenvalue weighted by atomic mass is 9.90. The Bertz CT molecular complexity index is 391. The van der Waals surface area contributed by atoms with Crippen molar-refractivity contribution in [2.45, 2.75) is 45.2 Å². The van der Waals surface area contributed by atoms with Crippen molar-refractivity contribution in [2.75, 3.05) is 6.54 Å². The molecule has 1 N–H and O–H groups in total. The van der Waals surface area contributed by atoms with Gasteiger partial charge in [-0.2, -0.15) is 0 Å². The van der Waals surface area contributed by atoms with E-state index in [0.29, 0.717) is 12.1 Å². The Morgan fingerprint density at radius 2 is 2.44 bits per heavy atom. The first-order valence-electron chi connectivity index (χ1n) is 6.65. The topological polar surface area (TPSA) is 40.5 Å². The molecule has 1 fully saturated rings. The van der Waals surface area contributed by atoms with E-state index in [1.165, 1.54) is 4.88 Å². The summed E-state index contributed by atoms with van der Waals surface area (Å²) >= 11 is 1.80. The van der Waals surface area contributed by atoms with Crippen LogP contribution in [0, 0.1) is 5.92 Å². The number of likely N-dealkylation sites (tertiary alicyclic amines) is 1. The minimum atomic E-state index is -0.634. The fourth-order valence-electron chi connectivity index (χ4n) is 2.96. The molecule has 18 heavy (non-hydrogen) atoms. The third-order valence-corrected chi connectivity index (χ3v) is 4.91. The molecule has 0 spiro atoms. The molecule has 3 nitrogen and oxygen atoms in total. The number of carboxylic acid groups (broad SMARTS) is 1. The van der Waals surface area contributed by atoms with Gasteiger partial charge >= 0.3 is 5.97 Å². The Kier molecular flexibility index (Phi) is 4.40. The largest absolute Gasteiger partial charge is 0.481 e. The molecule has 0 radical (unpaired) electrons. The fourth-order valence-corrected chi connectivity index (χ4v) is 3.89. The highest BCUT2D eigenvalue weighted by Crippen LogP contribution is 2.34. The molecule has 1 aliphatic heterocycles. The van der Waals surface area contributed by atoms with E-state index in [0.717, 1.165) is 25.8 Å². The Morgan fingerprint density at radius 1 is 1.67 bits per heavy atom. The molecule has 3 unspecified atom stereocenters. The molecule has 0 saturated carbocycles. The molecule has 1 aromatic heterocycles. The Morgan fingerprint density at radius 3 is 2.94 bits per heavy atom. The highest BCUT2D eigenvalue weighted by molar-refractivity contribution is 7.10. The number of aliphatic carboxylic acids is 1. The molecule has 1 saturated heterocycles. The standard InChI is InChI=1S/C14H21NO2S/c1-3-12(13-5-4-8-18-13)15-7-6-11(14(16)17)9-10(15)2/h4-5,8,10-12H,3,6-7,9H2,1-2H3,(H,16,17). The summed E-state index contributed by atoms with van der Waals surface area (Å²) in [6, 6.07) is 5.09. The number of hydrogen-bond donors (Lipinski definition) is 1. The zero-order valence-corrected chi connectivity index (χ0v) is 11.8. The summed E-state index contributed by atoms with van der Waals surface area (Å²) in [4.78, 5) is 14.9. The summed E-state index contributed by atoms with van der Waals surface area (Å²) in [5, 5.41) is 11.2. The van der Waals surface area contributed by atoms with Gasteiger partial charge in [0.15, 0.2) is 0 Å². The highest BCUT2D eigenvalue weighted by Gasteiger charge is 2.33. The van der Waals surface area contributed by atoms with Crippen LogP contribution in [0.2, 0.25) is 0 Å². The minimum absolute atomic E-state index is 0.155. The summed E-state index contributed by atoms with van der Waals surface area (Å²) < 4.78 is 0. The predicted molar refractivity (Wildman–Crippen MR) is 73.9 cm³/mol. The Hall–Kier alpha value is -0.870. The molecule has 1 aromatic rings. The molecule has 0 aliphatic carbocycles. The Labute approximate surface area is 112 Å². The van der Waals surface area contributed by atoms with Crippen molar-refractivity contribution >= 4 is 17.3 Å². The van der Waals surface area contributed by atoms with Crippen LogP contribution in [-0.2, 0) is 4.79 Å². The van der Waals surface area contributed by atoms with E-state index in [4.69, 9.17) is 5.11 Å². The van der Waals surface area contributed by atoms with E-state index in [1.807, 2.05) is 0 Å². The zero-order valence-electron chi connectivity index (χ0n) is 11.0. The lowest BCUT2D eigenvalue weighted by Gasteiger charge is -2.41. The number of carbonyl (C=O) groups is 1. The predicted octanol–water partition coefficient (Wildman–Crippen LogP) is 3.38. The maximum absolute atomic E-state index is 11.1. The van der Waals surface area contributed by atoms with Gasteiger partial charge in [-0.25, -0.2) is 0 Å². The van der Waals surface area contributed by atoms with Crippen LogP contribution < -0.4 is 0 Å². The maximum Gasteiger partial charge on any atom is 0.306 e. The van der Waals surface area contributed by atoms with Gasteiger partial charge in [0.2, 0.25) is 0 Å².